The molecule has 0 aromatic heterocycles. The lowest BCUT2D eigenvalue weighted by Gasteiger charge is -2.25. The van der Waals surface area contributed by atoms with Crippen molar-refractivity contribution in [2.24, 2.45) is 5.92 Å². The Hall–Kier alpha value is -0.340. The summed E-state index contributed by atoms with van der Waals surface area (Å²) in [6.07, 6.45) is 9.25. The Morgan fingerprint density at radius 1 is 1.38 bits per heavy atom. The van der Waals surface area contributed by atoms with E-state index in [-0.39, 0.29) is 0 Å². The molecule has 0 radical (unpaired) electrons. The molecule has 94 valence electrons. The summed E-state index contributed by atoms with van der Waals surface area (Å²) in [4.78, 5) is 2.49. The number of nitrogens with zero attached hydrogens (tertiary/aromatic N) is 1. The van der Waals surface area contributed by atoms with E-state index in [0.29, 0.717) is 5.92 Å². The van der Waals surface area contributed by atoms with Crippen molar-refractivity contribution in [1.29, 1.82) is 0 Å². The third-order valence-electron chi connectivity index (χ3n) is 3.52. The van der Waals surface area contributed by atoms with Crippen LogP contribution in [0.3, 0.4) is 0 Å². The van der Waals surface area contributed by atoms with Gasteiger partial charge in [0, 0.05) is 12.5 Å². The van der Waals surface area contributed by atoms with Gasteiger partial charge in [0.1, 0.15) is 0 Å². The molecule has 2 heteroatoms. The van der Waals surface area contributed by atoms with Gasteiger partial charge in [0.25, 0.3) is 0 Å². The molecule has 0 amide bonds. The first-order valence-electron chi connectivity index (χ1n) is 6.63. The smallest absolute Gasteiger partial charge is 0.0632 e. The minimum Gasteiger partial charge on any atom is -0.390 e. The molecule has 0 saturated carbocycles. The highest BCUT2D eigenvalue weighted by atomic mass is 16.3. The van der Waals surface area contributed by atoms with E-state index >= 15 is 0 Å². The number of allylic oxidation sites excluding steroid dienone is 2. The number of aliphatic hydroxyl groups is 1. The number of unbranched alkanes of at least 4 members (excludes halogenated alkanes) is 1. The van der Waals surface area contributed by atoms with E-state index < -0.39 is 5.60 Å². The Kier molecular flexibility index (Phi) is 5.50. The predicted molar refractivity (Wildman–Crippen MR) is 69.5 cm³/mol. The molecule has 2 nitrogen and oxygen atoms in total. The van der Waals surface area contributed by atoms with Gasteiger partial charge in [-0.15, -0.1) is 0 Å². The van der Waals surface area contributed by atoms with E-state index in [1.807, 2.05) is 13.8 Å². The monoisotopic (exact) mass is 225 g/mol. The number of hydrogen-bond acceptors (Lipinski definition) is 2. The summed E-state index contributed by atoms with van der Waals surface area (Å²) in [5, 5.41) is 9.94. The molecule has 0 bridgehead atoms. The predicted octanol–water partition coefficient (Wildman–Crippen LogP) is 2.83. The first-order valence-corrected chi connectivity index (χ1v) is 6.63. The Morgan fingerprint density at radius 3 is 2.69 bits per heavy atom. The van der Waals surface area contributed by atoms with Crippen LogP contribution in [0.5, 0.6) is 0 Å². The van der Waals surface area contributed by atoms with Crippen molar-refractivity contribution >= 4 is 0 Å². The van der Waals surface area contributed by atoms with E-state index in [1.165, 1.54) is 19.4 Å². The molecule has 0 spiro atoms. The zero-order valence-corrected chi connectivity index (χ0v) is 11.1. The molecular weight excluding hydrogens is 198 g/mol. The van der Waals surface area contributed by atoms with Crippen molar-refractivity contribution in [3.63, 3.8) is 0 Å². The SMILES string of the molecule is CCC=CCCCN1CCC(C(C)(C)O)C1. The lowest BCUT2D eigenvalue weighted by Crippen LogP contribution is -2.33. The van der Waals surface area contributed by atoms with Crippen LogP contribution >= 0.6 is 0 Å². The molecule has 1 atom stereocenters. The third-order valence-corrected chi connectivity index (χ3v) is 3.52. The van der Waals surface area contributed by atoms with E-state index in [0.717, 1.165) is 25.9 Å². The van der Waals surface area contributed by atoms with Crippen LogP contribution in [0, 0.1) is 5.92 Å². The van der Waals surface area contributed by atoms with Crippen LogP contribution in [-0.4, -0.2) is 35.2 Å². The molecule has 1 aliphatic heterocycles. The first kappa shape index (κ1) is 13.7. The molecule has 1 saturated heterocycles. The topological polar surface area (TPSA) is 23.5 Å². The minimum atomic E-state index is -0.503. The highest BCUT2D eigenvalue weighted by molar-refractivity contribution is 4.87. The van der Waals surface area contributed by atoms with Crippen molar-refractivity contribution in [2.75, 3.05) is 19.6 Å². The van der Waals surface area contributed by atoms with Gasteiger partial charge in [0.2, 0.25) is 0 Å². The maximum Gasteiger partial charge on any atom is 0.0632 e. The number of likely N-dealkylation sites (tertiary alicyclic amines) is 1. The molecule has 1 rings (SSSR count). The van der Waals surface area contributed by atoms with Crippen LogP contribution in [0.15, 0.2) is 12.2 Å². The van der Waals surface area contributed by atoms with Crippen molar-refractivity contribution < 1.29 is 5.11 Å². The molecule has 16 heavy (non-hydrogen) atoms. The fraction of sp³-hybridized carbons (Fsp3) is 0.857. The summed E-state index contributed by atoms with van der Waals surface area (Å²) in [6.45, 7) is 9.45. The van der Waals surface area contributed by atoms with E-state index in [4.69, 9.17) is 0 Å². The van der Waals surface area contributed by atoms with Gasteiger partial charge in [-0.1, -0.05) is 19.1 Å². The zero-order valence-electron chi connectivity index (χ0n) is 11.1. The summed E-state index contributed by atoms with van der Waals surface area (Å²) in [5.74, 6) is 0.457. The van der Waals surface area contributed by atoms with Crippen LogP contribution in [0.2, 0.25) is 0 Å². The highest BCUT2D eigenvalue weighted by Gasteiger charge is 2.32. The van der Waals surface area contributed by atoms with Gasteiger partial charge in [-0.2, -0.15) is 0 Å². The van der Waals surface area contributed by atoms with Crippen LogP contribution in [-0.2, 0) is 0 Å². The summed E-state index contributed by atoms with van der Waals surface area (Å²) in [5.41, 5.74) is -0.503. The van der Waals surface area contributed by atoms with Gasteiger partial charge in [-0.05, 0) is 52.6 Å². The summed E-state index contributed by atoms with van der Waals surface area (Å²) in [6, 6.07) is 0. The van der Waals surface area contributed by atoms with E-state index in [1.54, 1.807) is 0 Å². The fourth-order valence-corrected chi connectivity index (χ4v) is 2.33. The maximum atomic E-state index is 9.94. The molecule has 1 aliphatic rings. The molecule has 1 N–H and O–H groups in total. The second-order valence-electron chi connectivity index (χ2n) is 5.46. The molecule has 0 aliphatic carbocycles. The average molecular weight is 225 g/mol. The van der Waals surface area contributed by atoms with Crippen LogP contribution in [0.25, 0.3) is 0 Å². The first-order chi connectivity index (χ1) is 7.54. The number of rotatable bonds is 6. The average Bonchev–Trinajstić information content (AvgIpc) is 2.65. The third kappa shape index (κ3) is 4.67. The molecule has 1 fully saturated rings. The lowest BCUT2D eigenvalue weighted by atomic mass is 9.90. The van der Waals surface area contributed by atoms with Gasteiger partial charge < -0.3 is 10.0 Å². The van der Waals surface area contributed by atoms with E-state index in [2.05, 4.69) is 24.0 Å². The number of hydrogen-bond donors (Lipinski definition) is 1. The van der Waals surface area contributed by atoms with Gasteiger partial charge in [0.05, 0.1) is 5.60 Å². The summed E-state index contributed by atoms with van der Waals surface area (Å²) in [7, 11) is 0. The quantitative estimate of drug-likeness (QED) is 0.555. The van der Waals surface area contributed by atoms with Crippen molar-refractivity contribution in [3.05, 3.63) is 12.2 Å². The summed E-state index contributed by atoms with van der Waals surface area (Å²) >= 11 is 0. The largest absolute Gasteiger partial charge is 0.390 e. The van der Waals surface area contributed by atoms with Crippen LogP contribution < -0.4 is 0 Å². The van der Waals surface area contributed by atoms with Crippen molar-refractivity contribution in [1.82, 2.24) is 4.90 Å². The Labute approximate surface area is 100 Å². The molecule has 0 aromatic carbocycles. The van der Waals surface area contributed by atoms with Gasteiger partial charge in [-0.25, -0.2) is 0 Å². The minimum absolute atomic E-state index is 0.457. The van der Waals surface area contributed by atoms with Gasteiger partial charge >= 0.3 is 0 Å². The molecule has 0 aromatic rings. The Morgan fingerprint density at radius 2 is 2.12 bits per heavy atom. The maximum absolute atomic E-state index is 9.94. The second kappa shape index (κ2) is 6.41. The molecule has 1 heterocycles. The second-order valence-corrected chi connectivity index (χ2v) is 5.46. The Balaban J connectivity index is 2.15. The normalized spacial score (nSPS) is 23.4. The molecule has 1 unspecified atom stereocenters. The summed E-state index contributed by atoms with van der Waals surface area (Å²) < 4.78 is 0. The lowest BCUT2D eigenvalue weighted by molar-refractivity contribution is 0.0211. The fourth-order valence-electron chi connectivity index (χ4n) is 2.33. The van der Waals surface area contributed by atoms with E-state index in [9.17, 15) is 5.11 Å². The van der Waals surface area contributed by atoms with Gasteiger partial charge in [-0.3, -0.25) is 0 Å². The highest BCUT2D eigenvalue weighted by Crippen LogP contribution is 2.26. The van der Waals surface area contributed by atoms with Gasteiger partial charge in [0.15, 0.2) is 0 Å². The van der Waals surface area contributed by atoms with Crippen molar-refractivity contribution in [3.8, 4) is 0 Å². The molecular formula is C14H27NO. The van der Waals surface area contributed by atoms with Crippen LogP contribution in [0.1, 0.15) is 46.5 Å². The Bertz CT molecular complexity index is 217. The van der Waals surface area contributed by atoms with Crippen molar-refractivity contribution in [2.45, 2.75) is 52.1 Å². The zero-order chi connectivity index (χ0) is 12.0. The standard InChI is InChI=1S/C14H27NO/c1-4-5-6-7-8-10-15-11-9-13(12-15)14(2,3)16/h5-6,13,16H,4,7-12H2,1-3H3. The van der Waals surface area contributed by atoms with Crippen LogP contribution in [0.4, 0.5) is 0 Å².